The molecule has 0 atom stereocenters. The van der Waals surface area contributed by atoms with Crippen LogP contribution in [0.4, 0.5) is 5.82 Å². The van der Waals surface area contributed by atoms with Gasteiger partial charge < -0.3 is 9.64 Å². The molecule has 0 aliphatic carbocycles. The molecule has 2 heterocycles. The van der Waals surface area contributed by atoms with Gasteiger partial charge in [0, 0.05) is 20.1 Å². The average Bonchev–Trinajstić information content (AvgIpc) is 2.72. The van der Waals surface area contributed by atoms with Crippen molar-refractivity contribution in [3.8, 4) is 6.07 Å². The fourth-order valence-corrected chi connectivity index (χ4v) is 2.63. The lowest BCUT2D eigenvalue weighted by molar-refractivity contribution is -0.146. The van der Waals surface area contributed by atoms with Crippen molar-refractivity contribution in [1.82, 2.24) is 9.78 Å². The minimum absolute atomic E-state index is 0.0267. The summed E-state index contributed by atoms with van der Waals surface area (Å²) in [7, 11) is 3.27. The number of aromatic nitrogens is 2. The first kappa shape index (κ1) is 13.4. The maximum Gasteiger partial charge on any atom is 0.308 e. The predicted molar refractivity (Wildman–Crippen MR) is 69.6 cm³/mol. The Balaban J connectivity index is 2.15. The summed E-state index contributed by atoms with van der Waals surface area (Å²) in [6.07, 6.45) is 1.50. The van der Waals surface area contributed by atoms with Gasteiger partial charge in [0.25, 0.3) is 0 Å². The van der Waals surface area contributed by atoms with Gasteiger partial charge in [-0.2, -0.15) is 10.4 Å². The Morgan fingerprint density at radius 2 is 2.11 bits per heavy atom. The van der Waals surface area contributed by atoms with Crippen molar-refractivity contribution in [3.63, 3.8) is 0 Å². The topological polar surface area (TPSA) is 71.2 Å². The molecule has 0 unspecified atom stereocenters. The Hall–Kier alpha value is -2.03. The zero-order valence-electron chi connectivity index (χ0n) is 11.5. The fourth-order valence-electron chi connectivity index (χ4n) is 2.63. The molecule has 0 spiro atoms. The minimum atomic E-state index is -0.138. The van der Waals surface area contributed by atoms with Crippen LogP contribution < -0.4 is 4.90 Å². The molecule has 0 saturated carbocycles. The summed E-state index contributed by atoms with van der Waals surface area (Å²) in [6.45, 7) is 3.32. The number of esters is 1. The molecule has 1 aliphatic heterocycles. The average molecular weight is 262 g/mol. The summed E-state index contributed by atoms with van der Waals surface area (Å²) in [5.41, 5.74) is 1.37. The predicted octanol–water partition coefficient (Wildman–Crippen LogP) is 0.990. The molecule has 1 aromatic heterocycles. The molecule has 0 radical (unpaired) electrons. The van der Waals surface area contributed by atoms with E-state index in [4.69, 9.17) is 4.74 Å². The van der Waals surface area contributed by atoms with Crippen molar-refractivity contribution >= 4 is 11.8 Å². The van der Waals surface area contributed by atoms with Crippen LogP contribution in [0.1, 0.15) is 24.1 Å². The second kappa shape index (κ2) is 5.31. The molecule has 2 rings (SSSR count). The zero-order chi connectivity index (χ0) is 14.0. The Kier molecular flexibility index (Phi) is 3.74. The standard InChI is InChI=1S/C13H18N4O2/c1-9-11(8-14)12(16(2)15-9)17-6-4-10(5-7-17)13(18)19-3/h10H,4-7H2,1-3H3. The lowest BCUT2D eigenvalue weighted by Crippen LogP contribution is -2.38. The number of anilines is 1. The van der Waals surface area contributed by atoms with Crippen LogP contribution in [-0.2, 0) is 16.6 Å². The molecule has 19 heavy (non-hydrogen) atoms. The molecule has 1 aromatic rings. The molecule has 102 valence electrons. The van der Waals surface area contributed by atoms with Crippen molar-refractivity contribution in [2.75, 3.05) is 25.1 Å². The molecule has 0 aromatic carbocycles. The van der Waals surface area contributed by atoms with Crippen molar-refractivity contribution in [2.45, 2.75) is 19.8 Å². The maximum atomic E-state index is 11.5. The fraction of sp³-hybridized carbons (Fsp3) is 0.615. The number of ether oxygens (including phenoxy) is 1. The highest BCUT2D eigenvalue weighted by Crippen LogP contribution is 2.27. The summed E-state index contributed by atoms with van der Waals surface area (Å²) >= 11 is 0. The minimum Gasteiger partial charge on any atom is -0.469 e. The Labute approximate surface area is 112 Å². The highest BCUT2D eigenvalue weighted by Gasteiger charge is 2.28. The van der Waals surface area contributed by atoms with Gasteiger partial charge in [0.2, 0.25) is 0 Å². The van der Waals surface area contributed by atoms with Crippen molar-refractivity contribution in [1.29, 1.82) is 5.26 Å². The molecule has 0 bridgehead atoms. The summed E-state index contributed by atoms with van der Waals surface area (Å²) in [6, 6.07) is 2.21. The third kappa shape index (κ3) is 2.41. The van der Waals surface area contributed by atoms with E-state index < -0.39 is 0 Å². The van der Waals surface area contributed by atoms with Gasteiger partial charge in [-0.05, 0) is 19.8 Å². The first-order valence-corrected chi connectivity index (χ1v) is 6.35. The summed E-state index contributed by atoms with van der Waals surface area (Å²) in [5, 5.41) is 13.5. The number of rotatable bonds is 2. The van der Waals surface area contributed by atoms with Gasteiger partial charge in [-0.25, -0.2) is 0 Å². The number of hydrogen-bond acceptors (Lipinski definition) is 5. The number of hydrogen-bond donors (Lipinski definition) is 0. The van der Waals surface area contributed by atoms with E-state index in [0.717, 1.165) is 37.4 Å². The maximum absolute atomic E-state index is 11.5. The second-order valence-electron chi connectivity index (χ2n) is 4.80. The van der Waals surface area contributed by atoms with Crippen LogP contribution in [0.25, 0.3) is 0 Å². The summed E-state index contributed by atoms with van der Waals surface area (Å²) < 4.78 is 6.52. The highest BCUT2D eigenvalue weighted by atomic mass is 16.5. The molecular weight excluding hydrogens is 244 g/mol. The first-order chi connectivity index (χ1) is 9.08. The smallest absolute Gasteiger partial charge is 0.308 e. The Morgan fingerprint density at radius 3 is 2.63 bits per heavy atom. The SMILES string of the molecule is COC(=O)C1CCN(c2c(C#N)c(C)nn2C)CC1. The molecule has 1 aliphatic rings. The van der Waals surface area contributed by atoms with E-state index in [0.29, 0.717) is 5.56 Å². The van der Waals surface area contributed by atoms with E-state index in [1.165, 1.54) is 7.11 Å². The van der Waals surface area contributed by atoms with Crippen LogP contribution in [0, 0.1) is 24.2 Å². The van der Waals surface area contributed by atoms with Crippen LogP contribution in [0.5, 0.6) is 0 Å². The normalized spacial score (nSPS) is 16.2. The monoisotopic (exact) mass is 262 g/mol. The van der Waals surface area contributed by atoms with E-state index in [-0.39, 0.29) is 11.9 Å². The van der Waals surface area contributed by atoms with Crippen LogP contribution in [0.15, 0.2) is 0 Å². The number of methoxy groups -OCH3 is 1. The van der Waals surface area contributed by atoms with E-state index in [1.54, 1.807) is 4.68 Å². The zero-order valence-corrected chi connectivity index (χ0v) is 11.5. The van der Waals surface area contributed by atoms with Crippen LogP contribution in [0.2, 0.25) is 0 Å². The molecule has 0 amide bonds. The van der Waals surface area contributed by atoms with Gasteiger partial charge in [0.15, 0.2) is 0 Å². The van der Waals surface area contributed by atoms with E-state index in [2.05, 4.69) is 16.1 Å². The molecule has 1 saturated heterocycles. The number of aryl methyl sites for hydroxylation is 2. The number of carbonyl (C=O) groups excluding carboxylic acids is 1. The lowest BCUT2D eigenvalue weighted by Gasteiger charge is -2.32. The second-order valence-corrected chi connectivity index (χ2v) is 4.80. The van der Waals surface area contributed by atoms with Crippen molar-refractivity contribution < 1.29 is 9.53 Å². The third-order valence-corrected chi connectivity index (χ3v) is 3.63. The highest BCUT2D eigenvalue weighted by molar-refractivity contribution is 5.72. The number of nitriles is 1. The quantitative estimate of drug-likeness (QED) is 0.743. The molecule has 1 fully saturated rings. The van der Waals surface area contributed by atoms with E-state index >= 15 is 0 Å². The summed E-state index contributed by atoms with van der Waals surface area (Å²) in [5.74, 6) is 0.686. The van der Waals surface area contributed by atoms with Gasteiger partial charge in [-0.1, -0.05) is 0 Å². The lowest BCUT2D eigenvalue weighted by atomic mass is 9.97. The van der Waals surface area contributed by atoms with E-state index in [1.807, 2.05) is 14.0 Å². The van der Waals surface area contributed by atoms with Gasteiger partial charge in [-0.15, -0.1) is 0 Å². The molecule has 6 nitrogen and oxygen atoms in total. The van der Waals surface area contributed by atoms with E-state index in [9.17, 15) is 10.1 Å². The van der Waals surface area contributed by atoms with Crippen molar-refractivity contribution in [2.24, 2.45) is 13.0 Å². The third-order valence-electron chi connectivity index (χ3n) is 3.63. The molecular formula is C13H18N4O2. The van der Waals surface area contributed by atoms with Gasteiger partial charge in [-0.3, -0.25) is 9.48 Å². The van der Waals surface area contributed by atoms with Gasteiger partial charge >= 0.3 is 5.97 Å². The summed E-state index contributed by atoms with van der Waals surface area (Å²) in [4.78, 5) is 13.6. The van der Waals surface area contributed by atoms with Gasteiger partial charge in [0.1, 0.15) is 17.5 Å². The Morgan fingerprint density at radius 1 is 1.47 bits per heavy atom. The Bertz CT molecular complexity index is 521. The largest absolute Gasteiger partial charge is 0.469 e. The van der Waals surface area contributed by atoms with Crippen LogP contribution >= 0.6 is 0 Å². The number of piperidine rings is 1. The number of nitrogens with zero attached hydrogens (tertiary/aromatic N) is 4. The number of carbonyl (C=O) groups is 1. The van der Waals surface area contributed by atoms with Crippen molar-refractivity contribution in [3.05, 3.63) is 11.3 Å². The van der Waals surface area contributed by atoms with Gasteiger partial charge in [0.05, 0.1) is 18.7 Å². The first-order valence-electron chi connectivity index (χ1n) is 6.35. The molecule has 0 N–H and O–H groups in total. The van der Waals surface area contributed by atoms with Crippen LogP contribution in [0.3, 0.4) is 0 Å². The van der Waals surface area contributed by atoms with Crippen LogP contribution in [-0.4, -0.2) is 35.9 Å². The molecule has 6 heteroatoms.